The first kappa shape index (κ1) is 15.5. The summed E-state index contributed by atoms with van der Waals surface area (Å²) in [5, 5.41) is 3.11. The van der Waals surface area contributed by atoms with E-state index in [9.17, 15) is 4.79 Å². The summed E-state index contributed by atoms with van der Waals surface area (Å²) in [6.07, 6.45) is 4.08. The van der Waals surface area contributed by atoms with Crippen molar-refractivity contribution in [2.75, 3.05) is 13.1 Å². The third kappa shape index (κ3) is 3.98. The Morgan fingerprint density at radius 1 is 1.22 bits per heavy atom. The lowest BCUT2D eigenvalue weighted by Crippen LogP contribution is -2.43. The van der Waals surface area contributed by atoms with Crippen LogP contribution in [0.4, 0.5) is 0 Å². The minimum absolute atomic E-state index is 0.120. The molecule has 18 heavy (non-hydrogen) atoms. The van der Waals surface area contributed by atoms with Gasteiger partial charge in [-0.1, -0.05) is 34.1 Å². The molecular weight excluding hydrogens is 224 g/mol. The fraction of sp³-hybridized carbons (Fsp3) is 0.933. The van der Waals surface area contributed by atoms with E-state index in [4.69, 9.17) is 5.73 Å². The third-order valence-corrected chi connectivity index (χ3v) is 4.63. The third-order valence-electron chi connectivity index (χ3n) is 4.63. The fourth-order valence-corrected chi connectivity index (χ4v) is 3.01. The van der Waals surface area contributed by atoms with Gasteiger partial charge in [-0.3, -0.25) is 4.79 Å². The molecule has 1 amide bonds. The van der Waals surface area contributed by atoms with Crippen molar-refractivity contribution < 1.29 is 4.79 Å². The van der Waals surface area contributed by atoms with Crippen LogP contribution in [0.25, 0.3) is 0 Å². The molecule has 106 valence electrons. The smallest absolute Gasteiger partial charge is 0.220 e. The van der Waals surface area contributed by atoms with Gasteiger partial charge in [0.1, 0.15) is 0 Å². The van der Waals surface area contributed by atoms with Crippen LogP contribution >= 0.6 is 0 Å². The molecule has 0 radical (unpaired) electrons. The molecular formula is C15H30N2O. The Morgan fingerprint density at radius 3 is 2.11 bits per heavy atom. The molecule has 0 aromatic carbocycles. The van der Waals surface area contributed by atoms with Crippen molar-refractivity contribution in [2.24, 2.45) is 28.9 Å². The van der Waals surface area contributed by atoms with E-state index in [1.165, 1.54) is 6.42 Å². The lowest BCUT2D eigenvalue weighted by atomic mass is 9.66. The molecule has 0 unspecified atom stereocenters. The predicted octanol–water partition coefficient (Wildman–Crippen LogP) is 2.55. The molecule has 3 heteroatoms. The Morgan fingerprint density at radius 2 is 1.78 bits per heavy atom. The van der Waals surface area contributed by atoms with E-state index in [0.717, 1.165) is 19.4 Å². The Balaban J connectivity index is 2.36. The summed E-state index contributed by atoms with van der Waals surface area (Å²) < 4.78 is 0. The molecule has 1 rings (SSSR count). The summed E-state index contributed by atoms with van der Waals surface area (Å²) in [6, 6.07) is 0. The van der Waals surface area contributed by atoms with Gasteiger partial charge in [0.15, 0.2) is 0 Å². The number of rotatable bonds is 7. The van der Waals surface area contributed by atoms with Crippen molar-refractivity contribution in [3.8, 4) is 0 Å². The number of nitrogens with one attached hydrogen (secondary N) is 1. The summed E-state index contributed by atoms with van der Waals surface area (Å²) in [5.74, 6) is 1.96. The highest BCUT2D eigenvalue weighted by Gasteiger charge is 2.37. The number of hydrogen-bond acceptors (Lipinski definition) is 2. The van der Waals surface area contributed by atoms with Crippen LogP contribution in [0.1, 0.15) is 53.4 Å². The van der Waals surface area contributed by atoms with E-state index in [1.54, 1.807) is 0 Å². The maximum Gasteiger partial charge on any atom is 0.220 e. The van der Waals surface area contributed by atoms with Gasteiger partial charge < -0.3 is 11.1 Å². The fourth-order valence-electron chi connectivity index (χ4n) is 3.01. The van der Waals surface area contributed by atoms with Crippen LogP contribution in [0.3, 0.4) is 0 Å². The maximum atomic E-state index is 12.0. The van der Waals surface area contributed by atoms with Crippen LogP contribution in [-0.4, -0.2) is 19.0 Å². The van der Waals surface area contributed by atoms with Crippen LogP contribution in [0.5, 0.6) is 0 Å². The molecule has 0 spiro atoms. The van der Waals surface area contributed by atoms with Gasteiger partial charge in [-0.15, -0.1) is 0 Å². The first-order valence-electron chi connectivity index (χ1n) is 7.37. The quantitative estimate of drug-likeness (QED) is 0.733. The average Bonchev–Trinajstić information content (AvgIpc) is 2.22. The standard InChI is InChI=1S/C15H30N2O/c1-11(2)13(12(3)4)9-17-14(18)8-15(10-16)6-5-7-15/h11-13H,5-10,16H2,1-4H3,(H,17,18). The molecule has 0 bridgehead atoms. The van der Waals surface area contributed by atoms with Gasteiger partial charge in [-0.2, -0.15) is 0 Å². The normalized spacial score (nSPS) is 18.2. The van der Waals surface area contributed by atoms with Gasteiger partial charge >= 0.3 is 0 Å². The Hall–Kier alpha value is -0.570. The number of hydrogen-bond donors (Lipinski definition) is 2. The van der Waals surface area contributed by atoms with E-state index in [1.807, 2.05) is 0 Å². The highest BCUT2D eigenvalue weighted by atomic mass is 16.1. The zero-order valence-corrected chi connectivity index (χ0v) is 12.5. The van der Waals surface area contributed by atoms with Crippen LogP contribution < -0.4 is 11.1 Å². The van der Waals surface area contributed by atoms with E-state index in [2.05, 4.69) is 33.0 Å². The number of nitrogens with two attached hydrogens (primary N) is 1. The Labute approximate surface area is 112 Å². The van der Waals surface area contributed by atoms with Crippen LogP contribution in [-0.2, 0) is 4.79 Å². The van der Waals surface area contributed by atoms with Crippen LogP contribution in [0.2, 0.25) is 0 Å². The van der Waals surface area contributed by atoms with Crippen molar-refractivity contribution in [2.45, 2.75) is 53.4 Å². The Kier molecular flexibility index (Phi) is 5.64. The molecule has 0 atom stereocenters. The SMILES string of the molecule is CC(C)C(CNC(=O)CC1(CN)CCC1)C(C)C. The highest BCUT2D eigenvalue weighted by Crippen LogP contribution is 2.42. The number of carbonyl (C=O) groups excluding carboxylic acids is 1. The first-order chi connectivity index (χ1) is 8.40. The summed E-state index contributed by atoms with van der Waals surface area (Å²) in [5.41, 5.74) is 5.91. The molecule has 0 aromatic heterocycles. The van der Waals surface area contributed by atoms with E-state index < -0.39 is 0 Å². The van der Waals surface area contributed by atoms with Crippen LogP contribution in [0.15, 0.2) is 0 Å². The largest absolute Gasteiger partial charge is 0.356 e. The molecule has 1 aliphatic carbocycles. The van der Waals surface area contributed by atoms with Crippen molar-refractivity contribution in [1.29, 1.82) is 0 Å². The zero-order valence-electron chi connectivity index (χ0n) is 12.5. The maximum absolute atomic E-state index is 12.0. The van der Waals surface area contributed by atoms with E-state index in [0.29, 0.717) is 30.7 Å². The topological polar surface area (TPSA) is 55.1 Å². The first-order valence-corrected chi connectivity index (χ1v) is 7.37. The molecule has 0 aliphatic heterocycles. The predicted molar refractivity (Wildman–Crippen MR) is 76.1 cm³/mol. The molecule has 1 aliphatic rings. The molecule has 1 fully saturated rings. The van der Waals surface area contributed by atoms with Gasteiger partial charge in [0.25, 0.3) is 0 Å². The van der Waals surface area contributed by atoms with Gasteiger partial charge in [0.05, 0.1) is 0 Å². The van der Waals surface area contributed by atoms with E-state index in [-0.39, 0.29) is 11.3 Å². The molecule has 0 aromatic rings. The summed E-state index contributed by atoms with van der Waals surface area (Å²) in [7, 11) is 0. The van der Waals surface area contributed by atoms with Gasteiger partial charge in [-0.05, 0) is 42.6 Å². The molecule has 1 saturated carbocycles. The van der Waals surface area contributed by atoms with Gasteiger partial charge in [0, 0.05) is 13.0 Å². The zero-order chi connectivity index (χ0) is 13.8. The molecule has 0 saturated heterocycles. The minimum Gasteiger partial charge on any atom is -0.356 e. The molecule has 3 nitrogen and oxygen atoms in total. The van der Waals surface area contributed by atoms with Crippen molar-refractivity contribution in [3.05, 3.63) is 0 Å². The number of amides is 1. The Bertz CT molecular complexity index is 256. The van der Waals surface area contributed by atoms with Crippen LogP contribution in [0, 0.1) is 23.2 Å². The lowest BCUT2D eigenvalue weighted by Gasteiger charge is -2.40. The second-order valence-electron chi connectivity index (χ2n) is 6.69. The average molecular weight is 254 g/mol. The van der Waals surface area contributed by atoms with Crippen molar-refractivity contribution in [1.82, 2.24) is 5.32 Å². The monoisotopic (exact) mass is 254 g/mol. The minimum atomic E-state index is 0.120. The van der Waals surface area contributed by atoms with E-state index >= 15 is 0 Å². The number of carbonyl (C=O) groups is 1. The van der Waals surface area contributed by atoms with Gasteiger partial charge in [-0.25, -0.2) is 0 Å². The molecule has 3 N–H and O–H groups in total. The van der Waals surface area contributed by atoms with Crippen molar-refractivity contribution in [3.63, 3.8) is 0 Å². The summed E-state index contributed by atoms with van der Waals surface area (Å²) in [4.78, 5) is 12.0. The van der Waals surface area contributed by atoms with Gasteiger partial charge in [0.2, 0.25) is 5.91 Å². The molecule has 0 heterocycles. The van der Waals surface area contributed by atoms with Crippen molar-refractivity contribution >= 4 is 5.91 Å². The summed E-state index contributed by atoms with van der Waals surface area (Å²) >= 11 is 0. The lowest BCUT2D eigenvalue weighted by molar-refractivity contribution is -0.125. The second-order valence-corrected chi connectivity index (χ2v) is 6.69. The highest BCUT2D eigenvalue weighted by molar-refractivity contribution is 5.76. The summed E-state index contributed by atoms with van der Waals surface area (Å²) in [6.45, 7) is 10.4. The second kappa shape index (κ2) is 6.55.